The molecule has 12 heavy (non-hydrogen) atoms. The van der Waals surface area contributed by atoms with Crippen LogP contribution in [0, 0.1) is 10.6 Å². The minimum absolute atomic E-state index is 0.293. The molecule has 0 saturated heterocycles. The van der Waals surface area contributed by atoms with Crippen LogP contribution in [0.3, 0.4) is 0 Å². The van der Waals surface area contributed by atoms with Gasteiger partial charge in [0.1, 0.15) is 3.70 Å². The molecule has 1 amide bonds. The van der Waals surface area contributed by atoms with E-state index in [9.17, 15) is 4.79 Å². The highest BCUT2D eigenvalue weighted by molar-refractivity contribution is 14.1. The number of hydrazine groups is 1. The molecule has 0 bridgehead atoms. The van der Waals surface area contributed by atoms with E-state index in [-0.39, 0.29) is 5.91 Å². The van der Waals surface area contributed by atoms with Gasteiger partial charge in [0.2, 0.25) is 0 Å². The first-order valence-corrected chi connectivity index (χ1v) is 4.36. The van der Waals surface area contributed by atoms with Gasteiger partial charge in [0.15, 0.2) is 0 Å². The number of carbonyl (C=O) groups is 1. The fraction of sp³-hybridized carbons (Fsp3) is 0.143. The number of hydrogen-bond acceptors (Lipinski definition) is 3. The van der Waals surface area contributed by atoms with Crippen molar-refractivity contribution >= 4 is 28.5 Å². The topological polar surface area (TPSA) is 68.0 Å². The van der Waals surface area contributed by atoms with E-state index in [0.717, 1.165) is 9.39 Å². The average Bonchev–Trinajstić information content (AvgIpc) is 2.01. The minimum Gasteiger partial charge on any atom is -0.290 e. The zero-order valence-corrected chi connectivity index (χ0v) is 8.62. The lowest BCUT2D eigenvalue weighted by Crippen LogP contribution is -2.30. The average molecular weight is 277 g/mol. The molecule has 1 rings (SSSR count). The lowest BCUT2D eigenvalue weighted by molar-refractivity contribution is 0.0953. The number of rotatable bonds is 1. The van der Waals surface area contributed by atoms with Gasteiger partial charge in [-0.1, -0.05) is 0 Å². The van der Waals surface area contributed by atoms with Crippen LogP contribution in [0.2, 0.25) is 0 Å². The van der Waals surface area contributed by atoms with Crippen LogP contribution in [0.5, 0.6) is 0 Å². The second kappa shape index (κ2) is 3.81. The molecule has 0 saturated carbocycles. The molecule has 1 aromatic rings. The van der Waals surface area contributed by atoms with Crippen molar-refractivity contribution < 1.29 is 4.79 Å². The fourth-order valence-electron chi connectivity index (χ4n) is 0.842. The molecule has 0 aromatic carbocycles. The first-order chi connectivity index (χ1) is 5.63. The Bertz CT molecular complexity index is 293. The maximum Gasteiger partial charge on any atom is 0.265 e. The molecule has 0 fully saturated rings. The number of amides is 1. The van der Waals surface area contributed by atoms with Crippen LogP contribution < -0.4 is 11.3 Å². The Labute approximate surface area is 83.7 Å². The molecule has 1 heterocycles. The molecule has 0 aliphatic heterocycles. The highest BCUT2D eigenvalue weighted by Crippen LogP contribution is 2.07. The van der Waals surface area contributed by atoms with Crippen LogP contribution in [-0.2, 0) is 0 Å². The van der Waals surface area contributed by atoms with Crippen LogP contribution in [0.4, 0.5) is 0 Å². The third kappa shape index (κ3) is 2.15. The highest BCUT2D eigenvalue weighted by Gasteiger charge is 2.04. The summed E-state index contributed by atoms with van der Waals surface area (Å²) in [5.41, 5.74) is 3.41. The van der Waals surface area contributed by atoms with Crippen LogP contribution in [0.25, 0.3) is 0 Å². The summed E-state index contributed by atoms with van der Waals surface area (Å²) in [6.45, 7) is 1.83. The van der Waals surface area contributed by atoms with E-state index in [1.165, 1.54) is 0 Å². The van der Waals surface area contributed by atoms with Gasteiger partial charge in [-0.2, -0.15) is 0 Å². The standard InChI is InChI=1S/C7H8IN3O/c1-4-2-5(7(12)11-9)3-6(8)10-4/h2-3H,9H2,1H3,(H,11,12). The molecular weight excluding hydrogens is 269 g/mol. The van der Waals surface area contributed by atoms with Crippen LogP contribution in [-0.4, -0.2) is 10.9 Å². The van der Waals surface area contributed by atoms with Gasteiger partial charge in [-0.15, -0.1) is 0 Å². The zero-order chi connectivity index (χ0) is 9.14. The van der Waals surface area contributed by atoms with Crippen molar-refractivity contribution in [2.45, 2.75) is 6.92 Å². The van der Waals surface area contributed by atoms with E-state index in [1.54, 1.807) is 12.1 Å². The quantitative estimate of drug-likeness (QED) is 0.260. The molecule has 0 atom stereocenters. The molecule has 0 aliphatic rings. The van der Waals surface area contributed by atoms with Gasteiger partial charge in [-0.3, -0.25) is 10.2 Å². The van der Waals surface area contributed by atoms with Crippen molar-refractivity contribution in [1.29, 1.82) is 0 Å². The first kappa shape index (κ1) is 9.40. The van der Waals surface area contributed by atoms with E-state index in [4.69, 9.17) is 5.84 Å². The number of aryl methyl sites for hydroxylation is 1. The van der Waals surface area contributed by atoms with Gasteiger partial charge < -0.3 is 0 Å². The van der Waals surface area contributed by atoms with Crippen molar-refractivity contribution in [2.24, 2.45) is 5.84 Å². The number of nitrogens with one attached hydrogen (secondary N) is 1. The number of nitrogens with two attached hydrogens (primary N) is 1. The van der Waals surface area contributed by atoms with E-state index in [0.29, 0.717) is 5.56 Å². The second-order valence-corrected chi connectivity index (χ2v) is 3.40. The summed E-state index contributed by atoms with van der Waals surface area (Å²) in [7, 11) is 0. The zero-order valence-electron chi connectivity index (χ0n) is 6.47. The van der Waals surface area contributed by atoms with Gasteiger partial charge in [-0.05, 0) is 41.6 Å². The SMILES string of the molecule is Cc1cc(C(=O)NN)cc(I)n1. The van der Waals surface area contributed by atoms with Crippen molar-refractivity contribution in [3.63, 3.8) is 0 Å². The van der Waals surface area contributed by atoms with Crippen molar-refractivity contribution in [3.8, 4) is 0 Å². The van der Waals surface area contributed by atoms with Crippen LogP contribution in [0.1, 0.15) is 16.1 Å². The van der Waals surface area contributed by atoms with E-state index < -0.39 is 0 Å². The molecule has 64 valence electrons. The van der Waals surface area contributed by atoms with Gasteiger partial charge in [0.05, 0.1) is 0 Å². The maximum atomic E-state index is 11.1. The monoisotopic (exact) mass is 277 g/mol. The van der Waals surface area contributed by atoms with Gasteiger partial charge in [0, 0.05) is 11.3 Å². The summed E-state index contributed by atoms with van der Waals surface area (Å²) in [5, 5.41) is 0. The minimum atomic E-state index is -0.293. The number of halogens is 1. The van der Waals surface area contributed by atoms with Crippen LogP contribution >= 0.6 is 22.6 Å². The second-order valence-electron chi connectivity index (χ2n) is 2.29. The Morgan fingerprint density at radius 3 is 2.83 bits per heavy atom. The predicted octanol–water partition coefficient (Wildman–Crippen LogP) is 0.598. The number of carbonyl (C=O) groups excluding carboxylic acids is 1. The maximum absolute atomic E-state index is 11.1. The lowest BCUT2D eigenvalue weighted by atomic mass is 10.2. The molecule has 4 nitrogen and oxygen atoms in total. The summed E-state index contributed by atoms with van der Waals surface area (Å²) >= 11 is 2.05. The number of pyridine rings is 1. The van der Waals surface area contributed by atoms with Gasteiger partial charge in [-0.25, -0.2) is 10.8 Å². The summed E-state index contributed by atoms with van der Waals surface area (Å²) in [6, 6.07) is 3.36. The van der Waals surface area contributed by atoms with E-state index in [2.05, 4.69) is 10.4 Å². The lowest BCUT2D eigenvalue weighted by Gasteiger charge is -2.00. The number of aromatic nitrogens is 1. The summed E-state index contributed by atoms with van der Waals surface area (Å²) < 4.78 is 0.784. The Balaban J connectivity index is 3.08. The molecule has 5 heteroatoms. The number of hydrogen-bond donors (Lipinski definition) is 2. The Kier molecular flexibility index (Phi) is 2.99. The Morgan fingerprint density at radius 1 is 1.67 bits per heavy atom. The smallest absolute Gasteiger partial charge is 0.265 e. The largest absolute Gasteiger partial charge is 0.290 e. The van der Waals surface area contributed by atoms with Crippen molar-refractivity contribution in [3.05, 3.63) is 27.1 Å². The van der Waals surface area contributed by atoms with E-state index >= 15 is 0 Å². The highest BCUT2D eigenvalue weighted by atomic mass is 127. The fourth-order valence-corrected chi connectivity index (χ4v) is 1.56. The van der Waals surface area contributed by atoms with Crippen LogP contribution in [0.15, 0.2) is 12.1 Å². The Morgan fingerprint density at radius 2 is 2.33 bits per heavy atom. The van der Waals surface area contributed by atoms with Crippen molar-refractivity contribution in [1.82, 2.24) is 10.4 Å². The number of nitrogens with zero attached hydrogens (tertiary/aromatic N) is 1. The summed E-state index contributed by atoms with van der Waals surface area (Å²) in [6.07, 6.45) is 0. The first-order valence-electron chi connectivity index (χ1n) is 3.28. The molecule has 3 N–H and O–H groups in total. The summed E-state index contributed by atoms with van der Waals surface area (Å²) in [5.74, 6) is 4.69. The normalized spacial score (nSPS) is 9.58. The van der Waals surface area contributed by atoms with Crippen molar-refractivity contribution in [2.75, 3.05) is 0 Å². The molecule has 0 unspecified atom stereocenters. The molecule has 0 aliphatic carbocycles. The van der Waals surface area contributed by atoms with Gasteiger partial charge >= 0.3 is 0 Å². The molecule has 1 aromatic heterocycles. The number of nitrogen functional groups attached to an aromatic ring is 1. The summed E-state index contributed by atoms with van der Waals surface area (Å²) in [4.78, 5) is 15.2. The molecule has 0 spiro atoms. The Hall–Kier alpha value is -0.690. The predicted molar refractivity (Wildman–Crippen MR) is 53.3 cm³/mol. The van der Waals surface area contributed by atoms with E-state index in [1.807, 2.05) is 29.5 Å². The molecule has 0 radical (unpaired) electrons. The molecular formula is C7H8IN3O. The third-order valence-corrected chi connectivity index (χ3v) is 1.87. The third-order valence-electron chi connectivity index (χ3n) is 1.32. The van der Waals surface area contributed by atoms with Gasteiger partial charge in [0.25, 0.3) is 5.91 Å².